The molecule has 0 aliphatic carbocycles. The Morgan fingerprint density at radius 3 is 2.65 bits per heavy atom. The van der Waals surface area contributed by atoms with Gasteiger partial charge >= 0.3 is 0 Å². The first kappa shape index (κ1) is 13.9. The van der Waals surface area contributed by atoms with E-state index in [4.69, 9.17) is 12.2 Å². The van der Waals surface area contributed by atoms with Crippen molar-refractivity contribution in [3.8, 4) is 5.69 Å². The standard InChI is InChI=1S/C14H18N4S2/c1-11-2-4-12(5-3-11)18-13(15-16-14(18)19)10-17-6-8-20-9-7-17/h2-5H,6-10H2,1H3,(H,16,19). The lowest BCUT2D eigenvalue weighted by molar-refractivity contribution is 0.285. The van der Waals surface area contributed by atoms with Crippen molar-refractivity contribution in [2.75, 3.05) is 24.6 Å². The van der Waals surface area contributed by atoms with Crippen molar-refractivity contribution >= 4 is 24.0 Å². The van der Waals surface area contributed by atoms with E-state index in [1.54, 1.807) is 0 Å². The zero-order valence-electron chi connectivity index (χ0n) is 11.5. The molecule has 3 rings (SSSR count). The number of H-pyrrole nitrogens is 1. The Morgan fingerprint density at radius 2 is 1.95 bits per heavy atom. The van der Waals surface area contributed by atoms with Crippen molar-refractivity contribution in [1.29, 1.82) is 0 Å². The summed E-state index contributed by atoms with van der Waals surface area (Å²) >= 11 is 7.40. The molecule has 2 aromatic rings. The van der Waals surface area contributed by atoms with E-state index in [9.17, 15) is 0 Å². The molecule has 1 aliphatic rings. The van der Waals surface area contributed by atoms with Gasteiger partial charge in [0.15, 0.2) is 4.77 Å². The van der Waals surface area contributed by atoms with Gasteiger partial charge in [-0.15, -0.1) is 0 Å². The molecule has 1 aromatic carbocycles. The first-order valence-corrected chi connectivity index (χ1v) is 8.34. The predicted molar refractivity (Wildman–Crippen MR) is 86.1 cm³/mol. The third-order valence-electron chi connectivity index (χ3n) is 3.50. The molecule has 20 heavy (non-hydrogen) atoms. The van der Waals surface area contributed by atoms with Gasteiger partial charge in [-0.05, 0) is 31.3 Å². The third-order valence-corrected chi connectivity index (χ3v) is 4.72. The Balaban J connectivity index is 1.88. The minimum absolute atomic E-state index is 0.662. The van der Waals surface area contributed by atoms with Gasteiger partial charge in [0.2, 0.25) is 0 Å². The van der Waals surface area contributed by atoms with Gasteiger partial charge in [-0.1, -0.05) is 17.7 Å². The molecule has 4 nitrogen and oxygen atoms in total. The highest BCUT2D eigenvalue weighted by Crippen LogP contribution is 2.16. The van der Waals surface area contributed by atoms with E-state index >= 15 is 0 Å². The van der Waals surface area contributed by atoms with Gasteiger partial charge in [-0.3, -0.25) is 14.6 Å². The summed E-state index contributed by atoms with van der Waals surface area (Å²) in [5.74, 6) is 3.40. The Labute approximate surface area is 128 Å². The van der Waals surface area contributed by atoms with Crippen LogP contribution in [0, 0.1) is 11.7 Å². The SMILES string of the molecule is Cc1ccc(-n2c(CN3CCSCC3)n[nH]c2=S)cc1. The maximum absolute atomic E-state index is 5.38. The highest BCUT2D eigenvalue weighted by atomic mass is 32.2. The number of hydrogen-bond donors (Lipinski definition) is 1. The third kappa shape index (κ3) is 2.97. The topological polar surface area (TPSA) is 36.9 Å². The van der Waals surface area contributed by atoms with Gasteiger partial charge in [0.05, 0.1) is 6.54 Å². The molecule has 6 heteroatoms. The second-order valence-electron chi connectivity index (χ2n) is 5.00. The molecule has 0 atom stereocenters. The highest BCUT2D eigenvalue weighted by Gasteiger charge is 2.15. The van der Waals surface area contributed by atoms with E-state index in [0.29, 0.717) is 4.77 Å². The van der Waals surface area contributed by atoms with Crippen LogP contribution in [-0.2, 0) is 6.54 Å². The molecule has 1 saturated heterocycles. The first-order chi connectivity index (χ1) is 9.74. The molecule has 0 saturated carbocycles. The van der Waals surface area contributed by atoms with Crippen LogP contribution < -0.4 is 0 Å². The first-order valence-electron chi connectivity index (χ1n) is 6.77. The maximum atomic E-state index is 5.38. The number of thioether (sulfide) groups is 1. The number of hydrogen-bond acceptors (Lipinski definition) is 4. The lowest BCUT2D eigenvalue weighted by Crippen LogP contribution is -2.33. The second-order valence-corrected chi connectivity index (χ2v) is 6.62. The summed E-state index contributed by atoms with van der Waals surface area (Å²) in [6.45, 7) is 5.18. The van der Waals surface area contributed by atoms with E-state index in [0.717, 1.165) is 31.1 Å². The van der Waals surface area contributed by atoms with Gasteiger partial charge in [0.25, 0.3) is 0 Å². The highest BCUT2D eigenvalue weighted by molar-refractivity contribution is 7.99. The van der Waals surface area contributed by atoms with E-state index < -0.39 is 0 Å². The lowest BCUT2D eigenvalue weighted by atomic mass is 10.2. The molecule has 106 valence electrons. The number of aryl methyl sites for hydroxylation is 1. The van der Waals surface area contributed by atoms with Crippen molar-refractivity contribution < 1.29 is 0 Å². The molecule has 1 fully saturated rings. The van der Waals surface area contributed by atoms with Crippen LogP contribution in [0.1, 0.15) is 11.4 Å². The molecule has 0 radical (unpaired) electrons. The Hall–Kier alpha value is -1.11. The fourth-order valence-electron chi connectivity index (χ4n) is 2.36. The molecule has 0 amide bonds. The normalized spacial score (nSPS) is 16.4. The molecule has 0 bridgehead atoms. The van der Waals surface area contributed by atoms with E-state index in [2.05, 4.69) is 46.3 Å². The van der Waals surface area contributed by atoms with Gasteiger partial charge in [-0.2, -0.15) is 16.9 Å². The number of benzene rings is 1. The van der Waals surface area contributed by atoms with Gasteiger partial charge in [0, 0.05) is 30.3 Å². The average molecular weight is 306 g/mol. The molecule has 0 unspecified atom stereocenters. The van der Waals surface area contributed by atoms with Crippen molar-refractivity contribution in [3.05, 3.63) is 40.4 Å². The Morgan fingerprint density at radius 1 is 1.25 bits per heavy atom. The largest absolute Gasteiger partial charge is 0.294 e. The van der Waals surface area contributed by atoms with Gasteiger partial charge in [0.1, 0.15) is 5.82 Å². The zero-order chi connectivity index (χ0) is 13.9. The van der Waals surface area contributed by atoms with Crippen molar-refractivity contribution in [2.24, 2.45) is 0 Å². The Kier molecular flexibility index (Phi) is 4.24. The molecular formula is C14H18N4S2. The molecule has 0 spiro atoms. The van der Waals surface area contributed by atoms with Crippen LogP contribution in [0.2, 0.25) is 0 Å². The maximum Gasteiger partial charge on any atom is 0.199 e. The number of aromatic nitrogens is 3. The number of aromatic amines is 1. The summed E-state index contributed by atoms with van der Waals surface area (Å²) in [5, 5.41) is 7.33. The summed E-state index contributed by atoms with van der Waals surface area (Å²) in [4.78, 5) is 2.44. The minimum Gasteiger partial charge on any atom is -0.294 e. The molecule has 1 N–H and O–H groups in total. The average Bonchev–Trinajstić information content (AvgIpc) is 2.82. The van der Waals surface area contributed by atoms with Crippen molar-refractivity contribution in [3.63, 3.8) is 0 Å². The summed E-state index contributed by atoms with van der Waals surface area (Å²) in [7, 11) is 0. The van der Waals surface area contributed by atoms with Crippen LogP contribution in [-0.4, -0.2) is 44.3 Å². The van der Waals surface area contributed by atoms with Crippen LogP contribution in [0.3, 0.4) is 0 Å². The number of nitrogens with one attached hydrogen (secondary N) is 1. The minimum atomic E-state index is 0.662. The summed E-state index contributed by atoms with van der Waals surface area (Å²) < 4.78 is 2.70. The van der Waals surface area contributed by atoms with Crippen LogP contribution in [0.4, 0.5) is 0 Å². The van der Waals surface area contributed by atoms with Crippen LogP contribution in [0.15, 0.2) is 24.3 Å². The predicted octanol–water partition coefficient (Wildman–Crippen LogP) is 2.79. The smallest absolute Gasteiger partial charge is 0.199 e. The van der Waals surface area contributed by atoms with E-state index in [1.165, 1.54) is 17.1 Å². The van der Waals surface area contributed by atoms with E-state index in [1.807, 2.05) is 16.3 Å². The van der Waals surface area contributed by atoms with E-state index in [-0.39, 0.29) is 0 Å². The van der Waals surface area contributed by atoms with Crippen LogP contribution >= 0.6 is 24.0 Å². The van der Waals surface area contributed by atoms with Crippen LogP contribution in [0.5, 0.6) is 0 Å². The van der Waals surface area contributed by atoms with Crippen molar-refractivity contribution in [2.45, 2.75) is 13.5 Å². The fraction of sp³-hybridized carbons (Fsp3) is 0.429. The van der Waals surface area contributed by atoms with Crippen LogP contribution in [0.25, 0.3) is 5.69 Å². The number of rotatable bonds is 3. The monoisotopic (exact) mass is 306 g/mol. The summed E-state index contributed by atoms with van der Waals surface area (Å²) in [6, 6.07) is 8.39. The zero-order valence-corrected chi connectivity index (χ0v) is 13.1. The molecule has 2 heterocycles. The molecular weight excluding hydrogens is 288 g/mol. The summed E-state index contributed by atoms with van der Waals surface area (Å²) in [6.07, 6.45) is 0. The van der Waals surface area contributed by atoms with Gasteiger partial charge in [-0.25, -0.2) is 0 Å². The fourth-order valence-corrected chi connectivity index (χ4v) is 3.59. The molecule has 1 aromatic heterocycles. The molecule has 1 aliphatic heterocycles. The Bertz CT molecular complexity index is 623. The number of nitrogens with zero attached hydrogens (tertiary/aromatic N) is 3. The second kappa shape index (κ2) is 6.11. The lowest BCUT2D eigenvalue weighted by Gasteiger charge is -2.25. The summed E-state index contributed by atoms with van der Waals surface area (Å²) in [5.41, 5.74) is 2.33. The quantitative estimate of drug-likeness (QED) is 0.885. The van der Waals surface area contributed by atoms with Gasteiger partial charge < -0.3 is 0 Å². The van der Waals surface area contributed by atoms with Crippen molar-refractivity contribution in [1.82, 2.24) is 19.7 Å².